The van der Waals surface area contributed by atoms with Gasteiger partial charge in [0.2, 0.25) is 5.82 Å². The van der Waals surface area contributed by atoms with Crippen molar-refractivity contribution < 1.29 is 14.1 Å². The van der Waals surface area contributed by atoms with Crippen molar-refractivity contribution in [2.45, 2.75) is 6.61 Å². The molecular formula is C16H10N2O3S2. The quantitative estimate of drug-likeness (QED) is 0.515. The molecule has 0 aliphatic rings. The second-order valence-electron chi connectivity index (χ2n) is 4.75. The third-order valence-electron chi connectivity index (χ3n) is 3.20. The highest BCUT2D eigenvalue weighted by molar-refractivity contribution is 7.20. The topological polar surface area (TPSA) is 65.2 Å². The predicted molar refractivity (Wildman–Crippen MR) is 88.6 cm³/mol. The number of carbonyl (C=O) groups is 1. The molecule has 0 atom stereocenters. The number of rotatable bonds is 4. The summed E-state index contributed by atoms with van der Waals surface area (Å²) >= 11 is 2.96. The normalized spacial score (nSPS) is 11.0. The zero-order valence-corrected chi connectivity index (χ0v) is 13.4. The average molecular weight is 342 g/mol. The van der Waals surface area contributed by atoms with Gasteiger partial charge in [0.25, 0.3) is 5.89 Å². The van der Waals surface area contributed by atoms with Gasteiger partial charge in [0.05, 0.1) is 0 Å². The number of thiophene rings is 2. The van der Waals surface area contributed by atoms with Gasteiger partial charge in [-0.15, -0.1) is 11.3 Å². The number of fused-ring (bicyclic) bond motifs is 1. The Morgan fingerprint density at radius 2 is 2.17 bits per heavy atom. The summed E-state index contributed by atoms with van der Waals surface area (Å²) in [4.78, 5) is 16.9. The molecule has 0 saturated carbocycles. The van der Waals surface area contributed by atoms with Crippen LogP contribution in [0.1, 0.15) is 15.6 Å². The highest BCUT2D eigenvalue weighted by Crippen LogP contribution is 2.26. The van der Waals surface area contributed by atoms with Crippen molar-refractivity contribution in [3.8, 4) is 11.4 Å². The monoisotopic (exact) mass is 342 g/mol. The van der Waals surface area contributed by atoms with E-state index in [0.717, 1.165) is 15.6 Å². The molecule has 0 N–H and O–H groups in total. The third-order valence-corrected chi connectivity index (χ3v) is 4.98. The zero-order valence-electron chi connectivity index (χ0n) is 11.8. The van der Waals surface area contributed by atoms with Gasteiger partial charge in [-0.3, -0.25) is 0 Å². The molecule has 0 unspecified atom stereocenters. The maximum Gasteiger partial charge on any atom is 0.348 e. The summed E-state index contributed by atoms with van der Waals surface area (Å²) in [5.74, 6) is 0.390. The molecule has 114 valence electrons. The molecule has 4 rings (SSSR count). The molecule has 1 aromatic carbocycles. The minimum absolute atomic E-state index is 0.0375. The van der Waals surface area contributed by atoms with Crippen LogP contribution in [0.25, 0.3) is 21.5 Å². The Labute approximate surface area is 139 Å². The van der Waals surface area contributed by atoms with Gasteiger partial charge in [-0.05, 0) is 29.0 Å². The number of ether oxygens (including phenoxy) is 1. The van der Waals surface area contributed by atoms with Crippen molar-refractivity contribution in [1.29, 1.82) is 0 Å². The fraction of sp³-hybridized carbons (Fsp3) is 0.0625. The summed E-state index contributed by atoms with van der Waals surface area (Å²) in [5.41, 5.74) is 0.890. The van der Waals surface area contributed by atoms with E-state index in [1.54, 1.807) is 11.3 Å². The molecule has 4 aromatic rings. The highest BCUT2D eigenvalue weighted by Gasteiger charge is 2.14. The van der Waals surface area contributed by atoms with E-state index in [1.807, 2.05) is 47.2 Å². The molecule has 0 spiro atoms. The van der Waals surface area contributed by atoms with Gasteiger partial charge in [0.1, 0.15) is 4.88 Å². The van der Waals surface area contributed by atoms with Gasteiger partial charge >= 0.3 is 5.97 Å². The van der Waals surface area contributed by atoms with E-state index in [0.29, 0.717) is 10.7 Å². The predicted octanol–water partition coefficient (Wildman–Crippen LogP) is 4.37. The van der Waals surface area contributed by atoms with E-state index in [9.17, 15) is 4.79 Å². The molecule has 0 aliphatic heterocycles. The van der Waals surface area contributed by atoms with Crippen LogP contribution in [0.15, 0.2) is 51.7 Å². The Kier molecular flexibility index (Phi) is 3.64. The molecule has 7 heteroatoms. The Hall–Kier alpha value is -2.51. The first kappa shape index (κ1) is 14.1. The largest absolute Gasteiger partial charge is 0.451 e. The lowest BCUT2D eigenvalue weighted by Gasteiger charge is -1.98. The van der Waals surface area contributed by atoms with E-state index in [1.165, 1.54) is 11.3 Å². The van der Waals surface area contributed by atoms with E-state index in [4.69, 9.17) is 9.26 Å². The summed E-state index contributed by atoms with van der Waals surface area (Å²) in [7, 11) is 0. The van der Waals surface area contributed by atoms with Crippen LogP contribution in [0.3, 0.4) is 0 Å². The summed E-state index contributed by atoms with van der Waals surface area (Å²) < 4.78 is 11.4. The Morgan fingerprint density at radius 1 is 1.26 bits per heavy atom. The molecule has 0 fully saturated rings. The van der Waals surface area contributed by atoms with Crippen LogP contribution in [0.2, 0.25) is 0 Å². The van der Waals surface area contributed by atoms with Crippen molar-refractivity contribution in [2.75, 3.05) is 0 Å². The summed E-state index contributed by atoms with van der Waals surface area (Å²) in [6, 6.07) is 11.6. The van der Waals surface area contributed by atoms with Crippen molar-refractivity contribution in [2.24, 2.45) is 0 Å². The maximum absolute atomic E-state index is 12.1. The van der Waals surface area contributed by atoms with Crippen LogP contribution in [0.5, 0.6) is 0 Å². The molecule has 3 heterocycles. The van der Waals surface area contributed by atoms with E-state index in [-0.39, 0.29) is 18.5 Å². The van der Waals surface area contributed by atoms with Crippen LogP contribution in [-0.2, 0) is 11.3 Å². The molecule has 0 aliphatic carbocycles. The fourth-order valence-electron chi connectivity index (χ4n) is 2.10. The molecule has 0 bridgehead atoms. The van der Waals surface area contributed by atoms with Crippen LogP contribution < -0.4 is 0 Å². The van der Waals surface area contributed by atoms with Crippen molar-refractivity contribution >= 4 is 38.7 Å². The van der Waals surface area contributed by atoms with Crippen molar-refractivity contribution in [1.82, 2.24) is 10.1 Å². The van der Waals surface area contributed by atoms with Crippen LogP contribution >= 0.6 is 22.7 Å². The van der Waals surface area contributed by atoms with Gasteiger partial charge in [-0.2, -0.15) is 16.3 Å². The van der Waals surface area contributed by atoms with Gasteiger partial charge in [0, 0.05) is 15.6 Å². The molecule has 23 heavy (non-hydrogen) atoms. The standard InChI is InChI=1S/C16H10N2O3S2/c19-16(13-7-10-3-1-2-4-12(10)23-13)20-8-14-17-15(18-21-14)11-5-6-22-9-11/h1-7,9H,8H2. The number of esters is 1. The average Bonchev–Trinajstić information content (AvgIpc) is 3.31. The fourth-order valence-corrected chi connectivity index (χ4v) is 3.69. The Bertz CT molecular complexity index is 924. The number of aromatic nitrogens is 2. The molecule has 5 nitrogen and oxygen atoms in total. The van der Waals surface area contributed by atoms with Gasteiger partial charge in [0.15, 0.2) is 6.61 Å². The minimum atomic E-state index is -0.388. The first-order chi connectivity index (χ1) is 11.3. The zero-order chi connectivity index (χ0) is 15.6. The van der Waals surface area contributed by atoms with Crippen LogP contribution in [0, 0.1) is 0 Å². The lowest BCUT2D eigenvalue weighted by atomic mass is 10.2. The van der Waals surface area contributed by atoms with Crippen molar-refractivity contribution in [3.05, 3.63) is 57.9 Å². The number of hydrogen-bond acceptors (Lipinski definition) is 7. The second-order valence-corrected chi connectivity index (χ2v) is 6.61. The second kappa shape index (κ2) is 5.94. The number of carbonyl (C=O) groups excluding carboxylic acids is 1. The third kappa shape index (κ3) is 2.88. The SMILES string of the molecule is O=C(OCc1nc(-c2ccsc2)no1)c1cc2ccccc2s1. The number of benzene rings is 1. The molecule has 0 amide bonds. The van der Waals surface area contributed by atoms with Crippen LogP contribution in [0.4, 0.5) is 0 Å². The van der Waals surface area contributed by atoms with E-state index in [2.05, 4.69) is 10.1 Å². The van der Waals surface area contributed by atoms with E-state index < -0.39 is 0 Å². The summed E-state index contributed by atoms with van der Waals surface area (Å²) in [5, 5.41) is 8.77. The smallest absolute Gasteiger partial charge is 0.348 e. The first-order valence-corrected chi connectivity index (χ1v) is 8.56. The van der Waals surface area contributed by atoms with E-state index >= 15 is 0 Å². The lowest BCUT2D eigenvalue weighted by molar-refractivity contribution is 0.0435. The van der Waals surface area contributed by atoms with Crippen molar-refractivity contribution in [3.63, 3.8) is 0 Å². The van der Waals surface area contributed by atoms with Gasteiger partial charge < -0.3 is 9.26 Å². The minimum Gasteiger partial charge on any atom is -0.451 e. The lowest BCUT2D eigenvalue weighted by Crippen LogP contribution is -2.03. The number of nitrogens with zero attached hydrogens (tertiary/aromatic N) is 2. The molecule has 0 saturated heterocycles. The Balaban J connectivity index is 1.45. The maximum atomic E-state index is 12.1. The Morgan fingerprint density at radius 3 is 3.00 bits per heavy atom. The van der Waals surface area contributed by atoms with Gasteiger partial charge in [-0.25, -0.2) is 4.79 Å². The first-order valence-electron chi connectivity index (χ1n) is 6.80. The number of hydrogen-bond donors (Lipinski definition) is 0. The summed E-state index contributed by atoms with van der Waals surface area (Å²) in [6.45, 7) is -0.0375. The molecule has 3 aromatic heterocycles. The van der Waals surface area contributed by atoms with Gasteiger partial charge in [-0.1, -0.05) is 23.4 Å². The summed E-state index contributed by atoms with van der Waals surface area (Å²) in [6.07, 6.45) is 0. The van der Waals surface area contributed by atoms with Crippen LogP contribution in [-0.4, -0.2) is 16.1 Å². The molecule has 0 radical (unpaired) electrons. The highest BCUT2D eigenvalue weighted by atomic mass is 32.1. The molecular weight excluding hydrogens is 332 g/mol.